The van der Waals surface area contributed by atoms with Crippen LogP contribution >= 0.6 is 0 Å². The molecule has 14 heavy (non-hydrogen) atoms. The highest BCUT2D eigenvalue weighted by Gasteiger charge is 2.31. The summed E-state index contributed by atoms with van der Waals surface area (Å²) in [5.74, 6) is -0.547. The van der Waals surface area contributed by atoms with Crippen LogP contribution in [0, 0.1) is 0 Å². The van der Waals surface area contributed by atoms with Gasteiger partial charge in [-0.2, -0.15) is 0 Å². The van der Waals surface area contributed by atoms with Crippen LogP contribution in [0.5, 0.6) is 5.75 Å². The largest absolute Gasteiger partial charge is 0.573 e. The second-order valence-electron chi connectivity index (χ2n) is 2.30. The highest BCUT2D eigenvalue weighted by atomic mass is 32.2. The predicted octanol–water partition coefficient (Wildman–Crippen LogP) is 1.56. The third-order valence-electron chi connectivity index (χ3n) is 1.26. The summed E-state index contributed by atoms with van der Waals surface area (Å²) in [5, 5.41) is 0. The summed E-state index contributed by atoms with van der Waals surface area (Å²) >= 11 is 0. The van der Waals surface area contributed by atoms with E-state index in [-0.39, 0.29) is 4.90 Å². The fourth-order valence-corrected chi connectivity index (χ4v) is 1.23. The Bertz CT molecular complexity index is 389. The molecule has 7 heteroatoms. The van der Waals surface area contributed by atoms with Gasteiger partial charge in [0, 0.05) is 0 Å². The molecule has 0 heterocycles. The summed E-state index contributed by atoms with van der Waals surface area (Å²) in [6, 6.07) is 4.17. The monoisotopic (exact) mass is 226 g/mol. The van der Waals surface area contributed by atoms with Gasteiger partial charge in [0.15, 0.2) is 10.7 Å². The molecule has 78 valence electrons. The fraction of sp³-hybridized carbons (Fsp3) is 0.143. The van der Waals surface area contributed by atoms with E-state index in [1.807, 2.05) is 0 Å². The molecule has 3 nitrogen and oxygen atoms in total. The SMILES string of the molecule is O=[SH](=O)c1cccc(OC(F)(F)F)c1. The highest BCUT2D eigenvalue weighted by Crippen LogP contribution is 2.23. The lowest BCUT2D eigenvalue weighted by molar-refractivity contribution is -0.274. The van der Waals surface area contributed by atoms with Crippen LogP contribution in [0.15, 0.2) is 29.2 Å². The highest BCUT2D eigenvalue weighted by molar-refractivity contribution is 7.72. The first-order chi connectivity index (χ1) is 6.38. The Labute approximate surface area is 79.1 Å². The minimum Gasteiger partial charge on any atom is -0.406 e. The standard InChI is InChI=1S/C7H5F3O3S/c8-7(9,10)13-5-2-1-3-6(4-5)14(11)12/h1-4,14H. The van der Waals surface area contributed by atoms with Crippen molar-refractivity contribution in [1.29, 1.82) is 0 Å². The van der Waals surface area contributed by atoms with E-state index in [1.54, 1.807) is 0 Å². The maximum atomic E-state index is 11.7. The van der Waals surface area contributed by atoms with Gasteiger partial charge in [-0.1, -0.05) is 6.07 Å². The second-order valence-corrected chi connectivity index (χ2v) is 3.33. The maximum absolute atomic E-state index is 11.7. The summed E-state index contributed by atoms with van der Waals surface area (Å²) in [6.07, 6.45) is -4.81. The molecule has 0 aromatic heterocycles. The summed E-state index contributed by atoms with van der Waals surface area (Å²) in [4.78, 5) is -0.221. The summed E-state index contributed by atoms with van der Waals surface area (Å²) < 4.78 is 59.5. The van der Waals surface area contributed by atoms with Gasteiger partial charge in [-0.3, -0.25) is 0 Å². The summed E-state index contributed by atoms with van der Waals surface area (Å²) in [6.45, 7) is 0. The molecular formula is C7H5F3O3S. The normalized spacial score (nSPS) is 11.7. The first-order valence-corrected chi connectivity index (χ1v) is 4.56. The van der Waals surface area contributed by atoms with E-state index in [2.05, 4.69) is 4.74 Å². The number of hydrogen-bond donors (Lipinski definition) is 1. The summed E-state index contributed by atoms with van der Waals surface area (Å²) in [5.41, 5.74) is 0. The van der Waals surface area contributed by atoms with Crippen LogP contribution in [0.3, 0.4) is 0 Å². The predicted molar refractivity (Wildman–Crippen MR) is 41.7 cm³/mol. The van der Waals surface area contributed by atoms with Gasteiger partial charge in [0.05, 0.1) is 4.90 Å². The molecule has 1 aromatic rings. The molecule has 0 aliphatic rings. The zero-order chi connectivity index (χ0) is 10.8. The van der Waals surface area contributed by atoms with Crippen molar-refractivity contribution in [2.75, 3.05) is 0 Å². The van der Waals surface area contributed by atoms with E-state index in [4.69, 9.17) is 0 Å². The Morgan fingerprint density at radius 2 is 1.86 bits per heavy atom. The molecule has 1 aromatic carbocycles. The Hall–Kier alpha value is -1.24. The topological polar surface area (TPSA) is 43.4 Å². The molecule has 0 fully saturated rings. The van der Waals surface area contributed by atoms with Crippen LogP contribution in [-0.4, -0.2) is 14.8 Å². The van der Waals surface area contributed by atoms with Crippen molar-refractivity contribution in [2.24, 2.45) is 0 Å². The number of halogens is 3. The maximum Gasteiger partial charge on any atom is 0.573 e. The van der Waals surface area contributed by atoms with E-state index in [0.29, 0.717) is 0 Å². The van der Waals surface area contributed by atoms with Gasteiger partial charge in [0.25, 0.3) is 0 Å². The lowest BCUT2D eigenvalue weighted by Crippen LogP contribution is -2.17. The van der Waals surface area contributed by atoms with Crippen LogP contribution in [0.4, 0.5) is 13.2 Å². The van der Waals surface area contributed by atoms with Gasteiger partial charge in [-0.25, -0.2) is 8.42 Å². The van der Waals surface area contributed by atoms with E-state index in [1.165, 1.54) is 12.1 Å². The molecule has 1 rings (SSSR count). The van der Waals surface area contributed by atoms with E-state index < -0.39 is 22.8 Å². The zero-order valence-electron chi connectivity index (χ0n) is 6.62. The summed E-state index contributed by atoms with van der Waals surface area (Å²) in [7, 11) is -2.90. The Morgan fingerprint density at radius 3 is 2.36 bits per heavy atom. The number of thiol groups is 1. The molecular weight excluding hydrogens is 221 g/mol. The minimum atomic E-state index is -4.81. The Balaban J connectivity index is 2.95. The van der Waals surface area contributed by atoms with Crippen molar-refractivity contribution >= 4 is 10.7 Å². The first kappa shape index (κ1) is 10.8. The molecule has 0 atom stereocenters. The van der Waals surface area contributed by atoms with Gasteiger partial charge in [0.2, 0.25) is 0 Å². The number of rotatable bonds is 2. The minimum absolute atomic E-state index is 0.221. The van der Waals surface area contributed by atoms with Crippen molar-refractivity contribution in [1.82, 2.24) is 0 Å². The second kappa shape index (κ2) is 3.87. The molecule has 0 amide bonds. The quantitative estimate of drug-likeness (QED) is 0.778. The molecule has 0 aliphatic carbocycles. The fourth-order valence-electron chi connectivity index (χ4n) is 0.794. The lowest BCUT2D eigenvalue weighted by atomic mass is 10.3. The molecule has 0 aliphatic heterocycles. The third kappa shape index (κ3) is 3.25. The Morgan fingerprint density at radius 1 is 1.21 bits per heavy atom. The number of hydrogen-bond acceptors (Lipinski definition) is 3. The molecule has 0 saturated carbocycles. The van der Waals surface area contributed by atoms with E-state index in [0.717, 1.165) is 12.1 Å². The van der Waals surface area contributed by atoms with E-state index >= 15 is 0 Å². The Kier molecular flexibility index (Phi) is 3.00. The van der Waals surface area contributed by atoms with Crippen LogP contribution in [0.1, 0.15) is 0 Å². The van der Waals surface area contributed by atoms with Crippen LogP contribution in [0.25, 0.3) is 0 Å². The molecule has 0 spiro atoms. The van der Waals surface area contributed by atoms with Gasteiger partial charge >= 0.3 is 6.36 Å². The number of benzene rings is 1. The molecule has 0 radical (unpaired) electrons. The van der Waals surface area contributed by atoms with Gasteiger partial charge < -0.3 is 4.74 Å². The van der Waals surface area contributed by atoms with Crippen LogP contribution in [-0.2, 0) is 10.7 Å². The van der Waals surface area contributed by atoms with Crippen molar-refractivity contribution in [3.63, 3.8) is 0 Å². The first-order valence-electron chi connectivity index (χ1n) is 3.39. The molecule has 0 unspecified atom stereocenters. The zero-order valence-corrected chi connectivity index (χ0v) is 7.51. The van der Waals surface area contributed by atoms with Crippen molar-refractivity contribution in [2.45, 2.75) is 11.3 Å². The van der Waals surface area contributed by atoms with Gasteiger partial charge in [-0.15, -0.1) is 13.2 Å². The average molecular weight is 226 g/mol. The average Bonchev–Trinajstić information content (AvgIpc) is 2.01. The number of ether oxygens (including phenoxy) is 1. The van der Waals surface area contributed by atoms with Crippen LogP contribution in [0.2, 0.25) is 0 Å². The molecule has 0 N–H and O–H groups in total. The third-order valence-corrected chi connectivity index (χ3v) is 1.96. The van der Waals surface area contributed by atoms with Crippen molar-refractivity contribution in [3.05, 3.63) is 24.3 Å². The van der Waals surface area contributed by atoms with Gasteiger partial charge in [0.1, 0.15) is 5.75 Å². The van der Waals surface area contributed by atoms with Crippen molar-refractivity contribution < 1.29 is 26.3 Å². The molecule has 0 bridgehead atoms. The van der Waals surface area contributed by atoms with Crippen LogP contribution < -0.4 is 4.74 Å². The van der Waals surface area contributed by atoms with E-state index in [9.17, 15) is 21.6 Å². The number of alkyl halides is 3. The molecule has 0 saturated heterocycles. The van der Waals surface area contributed by atoms with Crippen molar-refractivity contribution in [3.8, 4) is 5.75 Å². The smallest absolute Gasteiger partial charge is 0.406 e. The lowest BCUT2D eigenvalue weighted by Gasteiger charge is -2.08. The van der Waals surface area contributed by atoms with Gasteiger partial charge in [-0.05, 0) is 18.2 Å².